The molecule has 1 amide bonds. The van der Waals surface area contributed by atoms with Gasteiger partial charge in [0.05, 0.1) is 4.92 Å². The number of amides is 1. The maximum Gasteiger partial charge on any atom is 0.270 e. The van der Waals surface area contributed by atoms with Crippen LogP contribution in [0.1, 0.15) is 18.9 Å². The molecule has 3 rings (SSSR count). The number of carbonyl (C=O) groups is 1. The van der Waals surface area contributed by atoms with E-state index in [0.717, 1.165) is 25.1 Å². The third kappa shape index (κ3) is 1.93. The van der Waals surface area contributed by atoms with Crippen molar-refractivity contribution in [2.45, 2.75) is 30.2 Å². The van der Waals surface area contributed by atoms with Crippen LogP contribution in [0.4, 0.5) is 18.9 Å². The van der Waals surface area contributed by atoms with E-state index in [9.17, 15) is 23.7 Å². The van der Waals surface area contributed by atoms with Crippen molar-refractivity contribution in [2.24, 2.45) is 0 Å². The van der Waals surface area contributed by atoms with Gasteiger partial charge in [-0.05, 0) is 13.0 Å². The highest BCUT2D eigenvalue weighted by atomic mass is 19.2. The van der Waals surface area contributed by atoms with Gasteiger partial charge in [-0.15, -0.1) is 0 Å². The van der Waals surface area contributed by atoms with Crippen LogP contribution in [0.3, 0.4) is 0 Å². The number of nitrogens with one attached hydrogen (secondary N) is 1. The van der Waals surface area contributed by atoms with Crippen molar-refractivity contribution in [2.75, 3.05) is 6.61 Å². The van der Waals surface area contributed by atoms with Gasteiger partial charge in [-0.1, -0.05) is 6.58 Å². The monoisotopic (exact) mass is 342 g/mol. The molecule has 1 aromatic rings. The zero-order valence-electron chi connectivity index (χ0n) is 12.6. The molecule has 0 aromatic heterocycles. The molecule has 1 N–H and O–H groups in total. The summed E-state index contributed by atoms with van der Waals surface area (Å²) in [7, 11) is 0. The van der Waals surface area contributed by atoms with E-state index in [4.69, 9.17) is 4.74 Å². The van der Waals surface area contributed by atoms with Crippen molar-refractivity contribution in [1.82, 2.24) is 5.32 Å². The third-order valence-corrected chi connectivity index (χ3v) is 4.52. The van der Waals surface area contributed by atoms with Crippen LogP contribution in [-0.4, -0.2) is 28.8 Å². The van der Waals surface area contributed by atoms with Crippen molar-refractivity contribution in [1.29, 1.82) is 0 Å². The number of nitro benzene ring substituents is 1. The molecular formula is C15H13F3N2O4. The molecular weight excluding hydrogens is 329 g/mol. The first kappa shape index (κ1) is 16.3. The van der Waals surface area contributed by atoms with Crippen molar-refractivity contribution in [3.63, 3.8) is 0 Å². The van der Waals surface area contributed by atoms with Crippen LogP contribution < -0.4 is 5.32 Å². The number of piperidine rings is 1. The first-order chi connectivity index (χ1) is 11.0. The van der Waals surface area contributed by atoms with Crippen LogP contribution in [0.25, 0.3) is 0 Å². The highest BCUT2D eigenvalue weighted by molar-refractivity contribution is 5.88. The molecule has 0 aliphatic carbocycles. The Labute approximate surface area is 134 Å². The summed E-state index contributed by atoms with van der Waals surface area (Å²) in [5.74, 6) is -2.52. The van der Waals surface area contributed by atoms with Gasteiger partial charge in [0.2, 0.25) is 0 Å². The summed E-state index contributed by atoms with van der Waals surface area (Å²) in [6, 6.07) is 2.48. The second-order valence-corrected chi connectivity index (χ2v) is 6.18. The first-order valence-corrected chi connectivity index (χ1v) is 7.00. The molecule has 3 atom stereocenters. The van der Waals surface area contributed by atoms with E-state index in [1.165, 1.54) is 0 Å². The Morgan fingerprint density at radius 1 is 1.42 bits per heavy atom. The third-order valence-electron chi connectivity index (χ3n) is 4.52. The van der Waals surface area contributed by atoms with Gasteiger partial charge in [-0.3, -0.25) is 14.9 Å². The standard InChI is InChI=1S/C15H13F3N2O4/c1-8-15(10-5-9(20(22)23)3-4-11(10)16)14(18,7-24-8)6-13(2,17)12(21)19-15/h3-5H,1,6-7H2,2H3,(H,19,21)/t13-,14-,15+/m0/s1. The number of hydrogen-bond acceptors (Lipinski definition) is 4. The topological polar surface area (TPSA) is 81.5 Å². The summed E-state index contributed by atoms with van der Waals surface area (Å²) < 4.78 is 49.3. The van der Waals surface area contributed by atoms with Crippen molar-refractivity contribution < 1.29 is 27.6 Å². The van der Waals surface area contributed by atoms with Gasteiger partial charge in [-0.2, -0.15) is 0 Å². The molecule has 9 heteroatoms. The van der Waals surface area contributed by atoms with Gasteiger partial charge in [-0.25, -0.2) is 13.2 Å². The Bertz CT molecular complexity index is 782. The highest BCUT2D eigenvalue weighted by Crippen LogP contribution is 2.55. The smallest absolute Gasteiger partial charge is 0.270 e. The van der Waals surface area contributed by atoms with E-state index in [-0.39, 0.29) is 5.76 Å². The van der Waals surface area contributed by atoms with Crippen molar-refractivity contribution in [3.8, 4) is 0 Å². The second-order valence-electron chi connectivity index (χ2n) is 6.18. The van der Waals surface area contributed by atoms with E-state index < -0.39 is 57.8 Å². The second kappa shape index (κ2) is 4.71. The molecule has 0 radical (unpaired) electrons. The van der Waals surface area contributed by atoms with Gasteiger partial charge in [0.15, 0.2) is 16.9 Å². The molecule has 2 heterocycles. The van der Waals surface area contributed by atoms with Crippen LogP contribution in [0.15, 0.2) is 30.5 Å². The van der Waals surface area contributed by atoms with Gasteiger partial charge < -0.3 is 10.1 Å². The summed E-state index contributed by atoms with van der Waals surface area (Å²) in [5, 5.41) is 13.1. The number of non-ortho nitro benzene ring substituents is 1. The number of nitro groups is 1. The zero-order chi connectivity index (χ0) is 17.9. The van der Waals surface area contributed by atoms with Crippen LogP contribution in [0.2, 0.25) is 0 Å². The van der Waals surface area contributed by atoms with E-state index in [1.54, 1.807) is 0 Å². The van der Waals surface area contributed by atoms with Crippen LogP contribution in [0, 0.1) is 15.9 Å². The van der Waals surface area contributed by atoms with Gasteiger partial charge in [0, 0.05) is 24.1 Å². The maximum absolute atomic E-state index is 15.6. The molecule has 24 heavy (non-hydrogen) atoms. The first-order valence-electron chi connectivity index (χ1n) is 7.00. The number of hydrogen-bond donors (Lipinski definition) is 1. The van der Waals surface area contributed by atoms with Gasteiger partial charge in [0.1, 0.15) is 18.2 Å². The molecule has 6 nitrogen and oxygen atoms in total. The minimum atomic E-state index is -2.54. The number of ether oxygens (including phenoxy) is 1. The number of rotatable bonds is 2. The summed E-state index contributed by atoms with van der Waals surface area (Å²) in [5.41, 5.74) is -8.34. The molecule has 0 spiro atoms. The highest BCUT2D eigenvalue weighted by Gasteiger charge is 2.70. The minimum Gasteiger partial charge on any atom is -0.492 e. The predicted molar refractivity (Wildman–Crippen MR) is 75.9 cm³/mol. The van der Waals surface area contributed by atoms with Crippen LogP contribution in [0.5, 0.6) is 0 Å². The Morgan fingerprint density at radius 3 is 2.71 bits per heavy atom. The number of carbonyl (C=O) groups excluding carboxylic acids is 1. The van der Waals surface area contributed by atoms with Crippen molar-refractivity contribution >= 4 is 11.6 Å². The summed E-state index contributed by atoms with van der Waals surface area (Å²) in [4.78, 5) is 22.2. The number of benzene rings is 1. The SMILES string of the molecule is C=C1OC[C@@]2(F)C[C@](C)(F)C(=O)N[C@@]12c1cc([N+](=O)[O-])ccc1F. The lowest BCUT2D eigenvalue weighted by molar-refractivity contribution is -0.385. The van der Waals surface area contributed by atoms with E-state index in [0.29, 0.717) is 0 Å². The molecule has 2 saturated heterocycles. The fraction of sp³-hybridized carbons (Fsp3) is 0.400. The Hall–Kier alpha value is -2.58. The van der Waals surface area contributed by atoms with Crippen LogP contribution >= 0.6 is 0 Å². The molecule has 2 aliphatic heterocycles. The lowest BCUT2D eigenvalue weighted by atomic mass is 9.68. The quantitative estimate of drug-likeness (QED) is 0.661. The minimum absolute atomic E-state index is 0.340. The van der Waals surface area contributed by atoms with E-state index >= 15 is 4.39 Å². The summed E-state index contributed by atoms with van der Waals surface area (Å²) in [6.07, 6.45) is -0.896. The van der Waals surface area contributed by atoms with E-state index in [1.807, 2.05) is 0 Å². The molecule has 2 aliphatic rings. The fourth-order valence-corrected chi connectivity index (χ4v) is 3.31. The number of alkyl halides is 2. The number of nitrogens with zero attached hydrogens (tertiary/aromatic N) is 1. The average molecular weight is 342 g/mol. The summed E-state index contributed by atoms with van der Waals surface area (Å²) in [6.45, 7) is 3.74. The lowest BCUT2D eigenvalue weighted by Gasteiger charge is -2.46. The molecule has 0 unspecified atom stereocenters. The zero-order valence-corrected chi connectivity index (χ0v) is 12.6. The normalized spacial score (nSPS) is 35.2. The molecule has 0 saturated carbocycles. The van der Waals surface area contributed by atoms with Crippen molar-refractivity contribution in [3.05, 3.63) is 52.0 Å². The summed E-state index contributed by atoms with van der Waals surface area (Å²) >= 11 is 0. The molecule has 0 bridgehead atoms. The average Bonchev–Trinajstić information content (AvgIpc) is 2.72. The van der Waals surface area contributed by atoms with Crippen LogP contribution in [-0.2, 0) is 15.1 Å². The molecule has 128 valence electrons. The maximum atomic E-state index is 15.6. The molecule has 2 fully saturated rings. The Kier molecular flexibility index (Phi) is 3.20. The van der Waals surface area contributed by atoms with Gasteiger partial charge >= 0.3 is 0 Å². The Morgan fingerprint density at radius 2 is 2.08 bits per heavy atom. The fourth-order valence-electron chi connectivity index (χ4n) is 3.31. The largest absolute Gasteiger partial charge is 0.492 e. The van der Waals surface area contributed by atoms with E-state index in [2.05, 4.69) is 11.9 Å². The van der Waals surface area contributed by atoms with Gasteiger partial charge in [0.25, 0.3) is 11.6 Å². The number of halogens is 3. The number of fused-ring (bicyclic) bond motifs is 1. The molecule has 1 aromatic carbocycles. The lowest BCUT2D eigenvalue weighted by Crippen LogP contribution is -2.68. The Balaban J connectivity index is 2.26. The predicted octanol–water partition coefficient (Wildman–Crippen LogP) is 2.43.